The van der Waals surface area contributed by atoms with E-state index >= 15 is 0 Å². The Bertz CT molecular complexity index is 122. The van der Waals surface area contributed by atoms with Crippen LogP contribution in [0.25, 0.3) is 0 Å². The Hall–Kier alpha value is 0.170. The SMILES string of the molecule is Cl.NCCCCC(N)C(=O)CCl. The second-order valence-electron chi connectivity index (χ2n) is 2.49. The average molecular weight is 215 g/mol. The average Bonchev–Trinajstić information content (AvgIpc) is 2.03. The zero-order valence-electron chi connectivity index (χ0n) is 6.96. The van der Waals surface area contributed by atoms with Crippen molar-refractivity contribution in [3.05, 3.63) is 0 Å². The van der Waals surface area contributed by atoms with Crippen LogP contribution in [-0.4, -0.2) is 24.2 Å². The molecule has 1 atom stereocenters. The van der Waals surface area contributed by atoms with Gasteiger partial charge in [-0.25, -0.2) is 0 Å². The number of carbonyl (C=O) groups excluding carboxylic acids is 1. The van der Waals surface area contributed by atoms with Crippen molar-refractivity contribution < 1.29 is 4.79 Å². The molecule has 0 saturated heterocycles. The summed E-state index contributed by atoms with van der Waals surface area (Å²) in [6, 6.07) is -0.390. The quantitative estimate of drug-likeness (QED) is 0.505. The summed E-state index contributed by atoms with van der Waals surface area (Å²) in [5.74, 6) is -0.0623. The van der Waals surface area contributed by atoms with Crippen LogP contribution in [-0.2, 0) is 4.79 Å². The number of hydrogen-bond donors (Lipinski definition) is 2. The monoisotopic (exact) mass is 214 g/mol. The topological polar surface area (TPSA) is 69.1 Å². The van der Waals surface area contributed by atoms with E-state index in [1.54, 1.807) is 0 Å². The Labute approximate surface area is 84.2 Å². The second-order valence-corrected chi connectivity index (χ2v) is 2.76. The second kappa shape index (κ2) is 9.26. The van der Waals surface area contributed by atoms with Crippen LogP contribution in [0.1, 0.15) is 19.3 Å². The molecular formula is C7H16Cl2N2O. The number of hydrogen-bond acceptors (Lipinski definition) is 3. The van der Waals surface area contributed by atoms with Gasteiger partial charge < -0.3 is 11.5 Å². The Morgan fingerprint density at radius 2 is 2.00 bits per heavy atom. The maximum Gasteiger partial charge on any atom is 0.164 e. The first kappa shape index (κ1) is 14.7. The largest absolute Gasteiger partial charge is 0.330 e. The van der Waals surface area contributed by atoms with Crippen LogP contribution in [0.3, 0.4) is 0 Å². The van der Waals surface area contributed by atoms with Gasteiger partial charge in [-0.3, -0.25) is 4.79 Å². The number of Topliss-reactive ketones (excluding diaryl/α,β-unsaturated/α-hetero) is 1. The van der Waals surface area contributed by atoms with E-state index in [0.29, 0.717) is 13.0 Å². The highest BCUT2D eigenvalue weighted by Gasteiger charge is 2.10. The van der Waals surface area contributed by atoms with Gasteiger partial charge in [0.05, 0.1) is 11.9 Å². The van der Waals surface area contributed by atoms with E-state index in [2.05, 4.69) is 0 Å². The fourth-order valence-corrected chi connectivity index (χ4v) is 0.967. The molecule has 0 saturated carbocycles. The number of halogens is 2. The third kappa shape index (κ3) is 6.85. The number of ketones is 1. The third-order valence-electron chi connectivity index (χ3n) is 1.51. The third-order valence-corrected chi connectivity index (χ3v) is 1.78. The summed E-state index contributed by atoms with van der Waals surface area (Å²) in [4.78, 5) is 10.8. The lowest BCUT2D eigenvalue weighted by Gasteiger charge is -2.06. The van der Waals surface area contributed by atoms with Crippen molar-refractivity contribution in [3.63, 3.8) is 0 Å². The maximum absolute atomic E-state index is 10.8. The smallest absolute Gasteiger partial charge is 0.164 e. The molecule has 3 nitrogen and oxygen atoms in total. The number of alkyl halides is 1. The van der Waals surface area contributed by atoms with Crippen molar-refractivity contribution in [3.8, 4) is 0 Å². The van der Waals surface area contributed by atoms with E-state index in [-0.39, 0.29) is 30.1 Å². The summed E-state index contributed by atoms with van der Waals surface area (Å²) in [6.45, 7) is 0.655. The van der Waals surface area contributed by atoms with Gasteiger partial charge in [-0.05, 0) is 19.4 Å². The Morgan fingerprint density at radius 3 is 2.42 bits per heavy atom. The van der Waals surface area contributed by atoms with Gasteiger partial charge in [-0.2, -0.15) is 0 Å². The molecule has 12 heavy (non-hydrogen) atoms. The van der Waals surface area contributed by atoms with E-state index in [0.717, 1.165) is 12.8 Å². The zero-order valence-corrected chi connectivity index (χ0v) is 8.53. The number of carbonyl (C=O) groups is 1. The molecule has 1 unspecified atom stereocenters. The predicted molar refractivity (Wildman–Crippen MR) is 53.9 cm³/mol. The van der Waals surface area contributed by atoms with Gasteiger partial charge in [0.25, 0.3) is 0 Å². The molecule has 0 aliphatic carbocycles. The molecule has 0 aromatic carbocycles. The molecule has 5 heteroatoms. The number of unbranched alkanes of at least 4 members (excludes halogenated alkanes) is 1. The molecule has 4 N–H and O–H groups in total. The molecule has 0 aliphatic heterocycles. The van der Waals surface area contributed by atoms with Crippen LogP contribution in [0.2, 0.25) is 0 Å². The Morgan fingerprint density at radius 1 is 1.42 bits per heavy atom. The minimum Gasteiger partial charge on any atom is -0.330 e. The predicted octanol–water partition coefficient (Wildman–Crippen LogP) is 0.672. The molecule has 0 bridgehead atoms. The molecule has 0 amide bonds. The molecule has 0 spiro atoms. The summed E-state index contributed by atoms with van der Waals surface area (Å²) in [7, 11) is 0. The van der Waals surface area contributed by atoms with Crippen molar-refractivity contribution in [1.29, 1.82) is 0 Å². The van der Waals surface area contributed by atoms with Gasteiger partial charge in [0, 0.05) is 0 Å². The standard InChI is InChI=1S/C7H15ClN2O.ClH/c8-5-7(11)6(10)3-1-2-4-9;/h6H,1-5,9-10H2;1H. The van der Waals surface area contributed by atoms with Crippen molar-refractivity contribution in [2.45, 2.75) is 25.3 Å². The summed E-state index contributed by atoms with van der Waals surface area (Å²) in [5.41, 5.74) is 10.8. The normalized spacial score (nSPS) is 11.9. The molecule has 0 heterocycles. The van der Waals surface area contributed by atoms with Crippen LogP contribution >= 0.6 is 24.0 Å². The summed E-state index contributed by atoms with van der Waals surface area (Å²) in [6.07, 6.45) is 2.52. The Balaban J connectivity index is 0. The fourth-order valence-electron chi connectivity index (χ4n) is 0.769. The molecule has 0 aliphatic rings. The molecule has 0 rings (SSSR count). The first-order valence-corrected chi connectivity index (χ1v) is 4.30. The number of rotatable bonds is 6. The van der Waals surface area contributed by atoms with Gasteiger partial charge in [0.1, 0.15) is 0 Å². The summed E-state index contributed by atoms with van der Waals surface area (Å²) in [5, 5.41) is 0. The first-order chi connectivity index (χ1) is 5.22. The van der Waals surface area contributed by atoms with E-state index < -0.39 is 0 Å². The van der Waals surface area contributed by atoms with Crippen LogP contribution < -0.4 is 11.5 Å². The van der Waals surface area contributed by atoms with Gasteiger partial charge in [-0.15, -0.1) is 24.0 Å². The van der Waals surface area contributed by atoms with E-state index in [4.69, 9.17) is 23.1 Å². The first-order valence-electron chi connectivity index (χ1n) is 3.76. The lowest BCUT2D eigenvalue weighted by molar-refractivity contribution is -0.118. The molecule has 0 aromatic heterocycles. The molecule has 0 fully saturated rings. The summed E-state index contributed by atoms with van der Waals surface area (Å²) < 4.78 is 0. The van der Waals surface area contributed by atoms with Crippen LogP contribution in [0, 0.1) is 0 Å². The van der Waals surface area contributed by atoms with Crippen molar-refractivity contribution >= 4 is 29.8 Å². The highest BCUT2D eigenvalue weighted by atomic mass is 35.5. The van der Waals surface area contributed by atoms with Crippen molar-refractivity contribution in [1.82, 2.24) is 0 Å². The van der Waals surface area contributed by atoms with Crippen LogP contribution in [0.5, 0.6) is 0 Å². The van der Waals surface area contributed by atoms with Crippen LogP contribution in [0.4, 0.5) is 0 Å². The molecule has 74 valence electrons. The number of nitrogens with two attached hydrogens (primary N) is 2. The minimum atomic E-state index is -0.390. The Kier molecular flexibility index (Phi) is 11.3. The lowest BCUT2D eigenvalue weighted by atomic mass is 10.1. The molecule has 0 radical (unpaired) electrons. The van der Waals surface area contributed by atoms with Crippen molar-refractivity contribution in [2.24, 2.45) is 11.5 Å². The lowest BCUT2D eigenvalue weighted by Crippen LogP contribution is -2.31. The van der Waals surface area contributed by atoms with Crippen molar-refractivity contribution in [2.75, 3.05) is 12.4 Å². The van der Waals surface area contributed by atoms with E-state index in [9.17, 15) is 4.79 Å². The zero-order chi connectivity index (χ0) is 8.69. The van der Waals surface area contributed by atoms with Gasteiger partial charge in [-0.1, -0.05) is 6.42 Å². The molecular weight excluding hydrogens is 199 g/mol. The van der Waals surface area contributed by atoms with Gasteiger partial charge in [0.15, 0.2) is 5.78 Å². The van der Waals surface area contributed by atoms with Crippen LogP contribution in [0.15, 0.2) is 0 Å². The highest BCUT2D eigenvalue weighted by molar-refractivity contribution is 6.28. The highest BCUT2D eigenvalue weighted by Crippen LogP contribution is 1.99. The maximum atomic E-state index is 10.8. The van der Waals surface area contributed by atoms with E-state index in [1.165, 1.54) is 0 Å². The fraction of sp³-hybridized carbons (Fsp3) is 0.857. The van der Waals surface area contributed by atoms with Gasteiger partial charge in [0.2, 0.25) is 0 Å². The summed E-state index contributed by atoms with van der Waals surface area (Å²) >= 11 is 5.31. The van der Waals surface area contributed by atoms with Gasteiger partial charge >= 0.3 is 0 Å². The van der Waals surface area contributed by atoms with E-state index in [1.807, 2.05) is 0 Å². The minimum absolute atomic E-state index is 0. The molecule has 0 aromatic rings.